The van der Waals surface area contributed by atoms with Gasteiger partial charge >= 0.3 is 5.97 Å². The van der Waals surface area contributed by atoms with E-state index in [-0.39, 0.29) is 42.5 Å². The zero-order valence-corrected chi connectivity index (χ0v) is 18.5. The Morgan fingerprint density at radius 3 is 2.56 bits per heavy atom. The summed E-state index contributed by atoms with van der Waals surface area (Å²) in [5, 5.41) is 14.9. The fourth-order valence-corrected chi connectivity index (χ4v) is 3.27. The summed E-state index contributed by atoms with van der Waals surface area (Å²) < 4.78 is 0. The monoisotopic (exact) mass is 467 g/mol. The number of guanidine groups is 1. The Morgan fingerprint density at radius 1 is 1.15 bits per heavy atom. The molecule has 0 aliphatic carbocycles. The van der Waals surface area contributed by atoms with Crippen LogP contribution >= 0.6 is 0 Å². The van der Waals surface area contributed by atoms with E-state index in [1.54, 1.807) is 24.3 Å². The number of nitrogens with two attached hydrogens (primary N) is 1. The van der Waals surface area contributed by atoms with Crippen molar-refractivity contribution in [2.75, 3.05) is 11.9 Å². The number of fused-ring (bicyclic) bond motifs is 1. The maximum Gasteiger partial charge on any atom is 0.326 e. The number of aliphatic imine (C=N–C) groups is 4. The van der Waals surface area contributed by atoms with Gasteiger partial charge in [-0.05, 0) is 37.1 Å². The zero-order valence-electron chi connectivity index (χ0n) is 18.5. The molecule has 2 heterocycles. The summed E-state index contributed by atoms with van der Waals surface area (Å²) in [6.07, 6.45) is 2.70. The number of Topliss-reactive ketones (excluding diaryl/α,β-unsaturated/α-hetero) is 1. The number of benzene rings is 1. The van der Waals surface area contributed by atoms with Crippen molar-refractivity contribution in [1.82, 2.24) is 5.32 Å². The van der Waals surface area contributed by atoms with Gasteiger partial charge in [-0.25, -0.2) is 9.79 Å². The lowest BCUT2D eigenvalue weighted by atomic mass is 10.1. The van der Waals surface area contributed by atoms with E-state index in [0.717, 1.165) is 0 Å². The van der Waals surface area contributed by atoms with Gasteiger partial charge in [0.25, 0.3) is 11.8 Å². The second kappa shape index (κ2) is 11.1. The number of nitrogens with one attached hydrogen (secondary N) is 2. The van der Waals surface area contributed by atoms with Crippen molar-refractivity contribution in [1.29, 1.82) is 0 Å². The third kappa shape index (κ3) is 6.40. The van der Waals surface area contributed by atoms with Gasteiger partial charge in [-0.15, -0.1) is 0 Å². The zero-order chi connectivity index (χ0) is 24.7. The van der Waals surface area contributed by atoms with Crippen molar-refractivity contribution in [2.24, 2.45) is 25.7 Å². The molecule has 2 unspecified atom stereocenters. The number of carbonyl (C=O) groups is 4. The van der Waals surface area contributed by atoms with E-state index >= 15 is 0 Å². The Labute approximate surface area is 195 Å². The van der Waals surface area contributed by atoms with Crippen LogP contribution in [0.15, 0.2) is 44.2 Å². The largest absolute Gasteiger partial charge is 0.480 e. The first-order chi connectivity index (χ1) is 16.3. The number of carboxylic acids is 1. The Hall–Kier alpha value is -4.22. The highest BCUT2D eigenvalue weighted by molar-refractivity contribution is 6.38. The maximum absolute atomic E-state index is 12.5. The van der Waals surface area contributed by atoms with Gasteiger partial charge in [-0.1, -0.05) is 6.92 Å². The van der Waals surface area contributed by atoms with Crippen LogP contribution in [0.4, 0.5) is 5.69 Å². The summed E-state index contributed by atoms with van der Waals surface area (Å²) in [5.41, 5.74) is 6.91. The third-order valence-electron chi connectivity index (χ3n) is 5.04. The van der Waals surface area contributed by atoms with Crippen LogP contribution in [0.5, 0.6) is 0 Å². The molecule has 34 heavy (non-hydrogen) atoms. The Bertz CT molecular complexity index is 1110. The molecule has 1 aromatic carbocycles. The molecule has 12 nitrogen and oxygen atoms in total. The Morgan fingerprint density at radius 2 is 1.88 bits per heavy atom. The Kier molecular flexibility index (Phi) is 7.96. The molecule has 1 aromatic rings. The molecule has 0 fully saturated rings. The highest BCUT2D eigenvalue weighted by Crippen LogP contribution is 2.13. The topological polar surface area (TPSA) is 188 Å². The standard InChI is InChI=1S/C22H25N7O5/c1-2-3-15(30)8-9-16(21(33)34)27-19(31)12-4-6-13(7-5-12)24-10-14-11-25-18-17(26-14)20(32)29-22(23)28-18/h4-7,11,16-17,24H,2-3,8-10H2,1H3,(H,27,31)(H,33,34)(H2,23,29,32). The van der Waals surface area contributed by atoms with Gasteiger partial charge in [0.1, 0.15) is 11.8 Å². The van der Waals surface area contributed by atoms with E-state index in [2.05, 4.69) is 30.6 Å². The van der Waals surface area contributed by atoms with Crippen LogP contribution < -0.4 is 16.4 Å². The molecule has 12 heteroatoms. The fraction of sp³-hybridized carbons (Fsp3) is 0.364. The first-order valence-electron chi connectivity index (χ1n) is 10.7. The molecule has 2 amide bonds. The smallest absolute Gasteiger partial charge is 0.326 e. The highest BCUT2D eigenvalue weighted by Gasteiger charge is 2.30. The molecule has 0 radical (unpaired) electrons. The van der Waals surface area contributed by atoms with E-state index in [9.17, 15) is 24.3 Å². The molecule has 0 saturated heterocycles. The molecule has 0 aromatic heterocycles. The van der Waals surface area contributed by atoms with Crippen molar-refractivity contribution in [3.8, 4) is 0 Å². The number of aliphatic carboxylic acids is 1. The quantitative estimate of drug-likeness (QED) is 0.366. The average molecular weight is 467 g/mol. The maximum atomic E-state index is 12.5. The average Bonchev–Trinajstić information content (AvgIpc) is 2.80. The number of rotatable bonds is 11. The summed E-state index contributed by atoms with van der Waals surface area (Å²) in [5.74, 6) is -2.24. The van der Waals surface area contributed by atoms with Crippen molar-refractivity contribution in [3.05, 3.63) is 29.8 Å². The molecule has 2 aliphatic heterocycles. The lowest BCUT2D eigenvalue weighted by Crippen LogP contribution is -2.41. The molecule has 0 bridgehead atoms. The van der Waals surface area contributed by atoms with Crippen LogP contribution in [0.1, 0.15) is 43.0 Å². The first-order valence-corrected chi connectivity index (χ1v) is 10.7. The first kappa shape index (κ1) is 24.4. The lowest BCUT2D eigenvalue weighted by Gasteiger charge is -2.18. The highest BCUT2D eigenvalue weighted by atomic mass is 16.4. The number of amides is 2. The van der Waals surface area contributed by atoms with Crippen molar-refractivity contribution >= 4 is 53.0 Å². The molecule has 0 spiro atoms. The van der Waals surface area contributed by atoms with Crippen molar-refractivity contribution < 1.29 is 24.3 Å². The van der Waals surface area contributed by atoms with Gasteiger partial charge in [0.05, 0.1) is 18.5 Å². The van der Waals surface area contributed by atoms with Crippen LogP contribution in [-0.2, 0) is 14.4 Å². The van der Waals surface area contributed by atoms with Gasteiger partial charge in [-0.2, -0.15) is 9.98 Å². The van der Waals surface area contributed by atoms with Crippen molar-refractivity contribution in [2.45, 2.75) is 44.7 Å². The van der Waals surface area contributed by atoms with E-state index in [1.165, 1.54) is 6.21 Å². The van der Waals surface area contributed by atoms with Crippen LogP contribution in [0.2, 0.25) is 0 Å². The minimum Gasteiger partial charge on any atom is -0.480 e. The van der Waals surface area contributed by atoms with E-state index in [4.69, 9.17) is 5.73 Å². The predicted molar refractivity (Wildman–Crippen MR) is 127 cm³/mol. The van der Waals surface area contributed by atoms with Gasteiger partial charge < -0.3 is 21.5 Å². The molecule has 2 atom stereocenters. The predicted octanol–water partition coefficient (Wildman–Crippen LogP) is 0.578. The normalized spacial score (nSPS) is 17.6. The van der Waals surface area contributed by atoms with Crippen LogP contribution in [0.25, 0.3) is 0 Å². The van der Waals surface area contributed by atoms with Gasteiger partial charge in [0, 0.05) is 24.1 Å². The van der Waals surface area contributed by atoms with Crippen LogP contribution in [-0.4, -0.2) is 71.0 Å². The number of hydrogen-bond acceptors (Lipinski definition) is 9. The lowest BCUT2D eigenvalue weighted by molar-refractivity contribution is -0.139. The number of anilines is 1. The number of nitrogens with zero attached hydrogens (tertiary/aromatic N) is 4. The molecular weight excluding hydrogens is 442 g/mol. The SMILES string of the molecule is CCCC(=O)CCC(NC(=O)c1ccc(NCC2=NC3C(=O)N=C(N)N=C3N=C2)cc1)C(=O)O. The molecule has 2 aliphatic rings. The summed E-state index contributed by atoms with van der Waals surface area (Å²) in [4.78, 5) is 63.4. The number of carboxylic acid groups (broad SMARTS) is 1. The molecular formula is C22H25N7O5. The summed E-state index contributed by atoms with van der Waals surface area (Å²) in [7, 11) is 0. The summed E-state index contributed by atoms with van der Waals surface area (Å²) >= 11 is 0. The minimum atomic E-state index is -1.19. The van der Waals surface area contributed by atoms with E-state index in [0.29, 0.717) is 24.2 Å². The number of amidine groups is 1. The van der Waals surface area contributed by atoms with Crippen molar-refractivity contribution in [3.63, 3.8) is 0 Å². The van der Waals surface area contributed by atoms with E-state index in [1.807, 2.05) is 6.92 Å². The van der Waals surface area contributed by atoms with E-state index < -0.39 is 29.9 Å². The molecule has 0 saturated carbocycles. The minimum absolute atomic E-state index is 0.0285. The second-order valence-corrected chi connectivity index (χ2v) is 7.68. The molecule has 178 valence electrons. The molecule has 3 rings (SSSR count). The van der Waals surface area contributed by atoms with Crippen LogP contribution in [0, 0.1) is 0 Å². The second-order valence-electron chi connectivity index (χ2n) is 7.68. The number of ketones is 1. The van der Waals surface area contributed by atoms with Crippen LogP contribution in [0.3, 0.4) is 0 Å². The molecule has 5 N–H and O–H groups in total. The third-order valence-corrected chi connectivity index (χ3v) is 5.04. The van der Waals surface area contributed by atoms with Gasteiger partial charge in [0.15, 0.2) is 11.9 Å². The summed E-state index contributed by atoms with van der Waals surface area (Å²) in [6, 6.07) is 4.34. The summed E-state index contributed by atoms with van der Waals surface area (Å²) in [6.45, 7) is 2.13. The number of hydrogen-bond donors (Lipinski definition) is 4. The van der Waals surface area contributed by atoms with Gasteiger partial charge in [-0.3, -0.25) is 19.4 Å². The fourth-order valence-electron chi connectivity index (χ4n) is 3.27. The Balaban J connectivity index is 1.54. The number of carbonyl (C=O) groups excluding carboxylic acids is 3. The van der Waals surface area contributed by atoms with Gasteiger partial charge in [0.2, 0.25) is 5.96 Å².